The summed E-state index contributed by atoms with van der Waals surface area (Å²) in [6.07, 6.45) is 4.80. The first kappa shape index (κ1) is 14.1. The van der Waals surface area contributed by atoms with Gasteiger partial charge in [0.1, 0.15) is 5.75 Å². The minimum atomic E-state index is -0.284. The van der Waals surface area contributed by atoms with Crippen LogP contribution in [0, 0.1) is 0 Å². The van der Waals surface area contributed by atoms with Crippen LogP contribution in [0.25, 0.3) is 16.9 Å². The molecule has 0 unspecified atom stereocenters. The lowest BCUT2D eigenvalue weighted by atomic mass is 10.0. The average molecular weight is 316 g/mol. The van der Waals surface area contributed by atoms with Gasteiger partial charge in [0.05, 0.1) is 11.8 Å². The van der Waals surface area contributed by atoms with Crippen molar-refractivity contribution in [2.75, 3.05) is 0 Å². The lowest BCUT2D eigenvalue weighted by Crippen LogP contribution is -2.03. The third-order valence-electron chi connectivity index (χ3n) is 3.69. The SMILES string of the molecule is O=C(c1cnc2c(cnn2-c2ccccn2)c1)c1ccccc1O. The van der Waals surface area contributed by atoms with E-state index in [0.29, 0.717) is 17.0 Å². The normalized spacial score (nSPS) is 10.8. The highest BCUT2D eigenvalue weighted by Gasteiger charge is 2.15. The molecule has 0 amide bonds. The summed E-state index contributed by atoms with van der Waals surface area (Å²) in [4.78, 5) is 21.1. The van der Waals surface area contributed by atoms with E-state index in [9.17, 15) is 9.90 Å². The van der Waals surface area contributed by atoms with E-state index in [-0.39, 0.29) is 17.1 Å². The number of phenolic OH excluding ortho intramolecular Hbond substituents is 1. The van der Waals surface area contributed by atoms with Gasteiger partial charge in [-0.15, -0.1) is 0 Å². The fraction of sp³-hybridized carbons (Fsp3) is 0. The first-order valence-electron chi connectivity index (χ1n) is 7.32. The molecule has 0 bridgehead atoms. The summed E-state index contributed by atoms with van der Waals surface area (Å²) in [5, 5.41) is 14.9. The third-order valence-corrected chi connectivity index (χ3v) is 3.69. The molecule has 0 aliphatic rings. The lowest BCUT2D eigenvalue weighted by Gasteiger charge is -2.04. The van der Waals surface area contributed by atoms with Crippen molar-refractivity contribution in [1.29, 1.82) is 0 Å². The van der Waals surface area contributed by atoms with Crippen LogP contribution in [0.15, 0.2) is 67.1 Å². The number of hydrogen-bond acceptors (Lipinski definition) is 5. The molecular formula is C18H12N4O2. The maximum atomic E-state index is 12.5. The van der Waals surface area contributed by atoms with E-state index >= 15 is 0 Å². The summed E-state index contributed by atoms with van der Waals surface area (Å²) in [6, 6.07) is 13.7. The van der Waals surface area contributed by atoms with E-state index in [1.165, 1.54) is 12.3 Å². The molecule has 1 N–H and O–H groups in total. The molecular weight excluding hydrogens is 304 g/mol. The number of carbonyl (C=O) groups excluding carboxylic acids is 1. The van der Waals surface area contributed by atoms with Gasteiger partial charge in [-0.2, -0.15) is 9.78 Å². The number of para-hydroxylation sites is 1. The van der Waals surface area contributed by atoms with Gasteiger partial charge in [0.15, 0.2) is 17.2 Å². The Hall–Kier alpha value is -3.54. The molecule has 0 aliphatic heterocycles. The molecule has 0 fully saturated rings. The Kier molecular flexibility index (Phi) is 3.28. The van der Waals surface area contributed by atoms with Crippen LogP contribution in [0.2, 0.25) is 0 Å². The third kappa shape index (κ3) is 2.30. The zero-order valence-electron chi connectivity index (χ0n) is 12.5. The van der Waals surface area contributed by atoms with Gasteiger partial charge in [-0.3, -0.25) is 4.79 Å². The fourth-order valence-corrected chi connectivity index (χ4v) is 2.51. The van der Waals surface area contributed by atoms with E-state index in [4.69, 9.17) is 0 Å². The maximum absolute atomic E-state index is 12.5. The van der Waals surface area contributed by atoms with Crippen LogP contribution in [0.5, 0.6) is 5.75 Å². The van der Waals surface area contributed by atoms with E-state index in [0.717, 1.165) is 5.39 Å². The molecule has 4 aromatic rings. The van der Waals surface area contributed by atoms with Crippen LogP contribution in [-0.4, -0.2) is 30.6 Å². The van der Waals surface area contributed by atoms with Gasteiger partial charge < -0.3 is 5.11 Å². The first-order chi connectivity index (χ1) is 11.7. The number of rotatable bonds is 3. The molecule has 0 saturated heterocycles. The van der Waals surface area contributed by atoms with Crippen LogP contribution < -0.4 is 0 Å². The molecule has 4 rings (SSSR count). The first-order valence-corrected chi connectivity index (χ1v) is 7.32. The predicted octanol–water partition coefficient (Wildman–Crippen LogP) is 2.75. The molecule has 0 spiro atoms. The minimum absolute atomic E-state index is 0.0493. The summed E-state index contributed by atoms with van der Waals surface area (Å²) in [5.74, 6) is 0.319. The Morgan fingerprint density at radius 1 is 1.00 bits per heavy atom. The van der Waals surface area contributed by atoms with Crippen LogP contribution in [0.1, 0.15) is 15.9 Å². The Morgan fingerprint density at radius 2 is 1.83 bits per heavy atom. The van der Waals surface area contributed by atoms with Crippen molar-refractivity contribution < 1.29 is 9.90 Å². The molecule has 6 nitrogen and oxygen atoms in total. The van der Waals surface area contributed by atoms with Crippen LogP contribution in [0.3, 0.4) is 0 Å². The second-order valence-electron chi connectivity index (χ2n) is 5.23. The molecule has 3 heterocycles. The number of nitrogens with zero attached hydrogens (tertiary/aromatic N) is 4. The summed E-state index contributed by atoms with van der Waals surface area (Å²) in [7, 11) is 0. The number of phenols is 1. The van der Waals surface area contributed by atoms with Crippen molar-refractivity contribution in [3.63, 3.8) is 0 Å². The van der Waals surface area contributed by atoms with Gasteiger partial charge in [0.2, 0.25) is 0 Å². The highest BCUT2D eigenvalue weighted by atomic mass is 16.3. The maximum Gasteiger partial charge on any atom is 0.198 e. The van der Waals surface area contributed by atoms with Crippen molar-refractivity contribution in [2.45, 2.75) is 0 Å². The predicted molar refractivity (Wildman–Crippen MR) is 88.2 cm³/mol. The van der Waals surface area contributed by atoms with Gasteiger partial charge in [-0.1, -0.05) is 18.2 Å². The summed E-state index contributed by atoms with van der Waals surface area (Å²) in [5.41, 5.74) is 1.25. The minimum Gasteiger partial charge on any atom is -0.507 e. The second-order valence-corrected chi connectivity index (χ2v) is 5.23. The number of aromatic hydroxyl groups is 1. The second kappa shape index (κ2) is 5.58. The Morgan fingerprint density at radius 3 is 2.62 bits per heavy atom. The summed E-state index contributed by atoms with van der Waals surface area (Å²) in [6.45, 7) is 0. The molecule has 3 aromatic heterocycles. The summed E-state index contributed by atoms with van der Waals surface area (Å²) < 4.78 is 1.61. The van der Waals surface area contributed by atoms with Gasteiger partial charge in [-0.25, -0.2) is 9.97 Å². The molecule has 0 saturated carbocycles. The molecule has 1 aromatic carbocycles. The highest BCUT2D eigenvalue weighted by Crippen LogP contribution is 2.22. The molecule has 0 radical (unpaired) electrons. The smallest absolute Gasteiger partial charge is 0.198 e. The van der Waals surface area contributed by atoms with Crippen molar-refractivity contribution in [2.24, 2.45) is 0 Å². The number of hydrogen-bond donors (Lipinski definition) is 1. The van der Waals surface area contributed by atoms with E-state index in [1.54, 1.807) is 41.3 Å². The number of benzene rings is 1. The quantitative estimate of drug-likeness (QED) is 0.588. The van der Waals surface area contributed by atoms with Crippen molar-refractivity contribution in [3.8, 4) is 11.6 Å². The molecule has 0 atom stereocenters. The highest BCUT2D eigenvalue weighted by molar-refractivity contribution is 6.11. The average Bonchev–Trinajstić information content (AvgIpc) is 3.05. The van der Waals surface area contributed by atoms with Gasteiger partial charge in [-0.05, 0) is 30.3 Å². The molecule has 0 aliphatic carbocycles. The molecule has 24 heavy (non-hydrogen) atoms. The zero-order valence-corrected chi connectivity index (χ0v) is 12.5. The van der Waals surface area contributed by atoms with E-state index < -0.39 is 0 Å². The van der Waals surface area contributed by atoms with Gasteiger partial charge >= 0.3 is 0 Å². The largest absolute Gasteiger partial charge is 0.507 e. The standard InChI is InChI=1S/C18H12N4O2/c23-15-6-2-1-5-14(15)17(24)12-9-13-11-21-22(18(13)20-10-12)16-7-3-4-8-19-16/h1-11,23H. The van der Waals surface area contributed by atoms with Gasteiger partial charge in [0, 0.05) is 23.3 Å². The van der Waals surface area contributed by atoms with Crippen LogP contribution >= 0.6 is 0 Å². The number of pyridine rings is 2. The number of carbonyl (C=O) groups is 1. The number of ketones is 1. The van der Waals surface area contributed by atoms with Crippen LogP contribution in [-0.2, 0) is 0 Å². The van der Waals surface area contributed by atoms with Crippen LogP contribution in [0.4, 0.5) is 0 Å². The Labute approximate surface area is 137 Å². The number of aromatic nitrogens is 4. The van der Waals surface area contributed by atoms with Gasteiger partial charge in [0.25, 0.3) is 0 Å². The number of fused-ring (bicyclic) bond motifs is 1. The Bertz CT molecular complexity index is 1040. The zero-order chi connectivity index (χ0) is 16.5. The summed E-state index contributed by atoms with van der Waals surface area (Å²) >= 11 is 0. The topological polar surface area (TPSA) is 80.9 Å². The van der Waals surface area contributed by atoms with Crippen molar-refractivity contribution >= 4 is 16.8 Å². The lowest BCUT2D eigenvalue weighted by molar-refractivity contribution is 0.103. The molecule has 116 valence electrons. The Balaban J connectivity index is 1.78. The van der Waals surface area contributed by atoms with Crippen molar-refractivity contribution in [3.05, 3.63) is 78.2 Å². The van der Waals surface area contributed by atoms with E-state index in [2.05, 4.69) is 15.1 Å². The van der Waals surface area contributed by atoms with E-state index in [1.807, 2.05) is 18.2 Å². The monoisotopic (exact) mass is 316 g/mol. The van der Waals surface area contributed by atoms with Crippen molar-refractivity contribution in [1.82, 2.24) is 19.7 Å². The molecule has 6 heteroatoms. The fourth-order valence-electron chi connectivity index (χ4n) is 2.51.